The molecular weight excluding hydrogens is 302 g/mol. The summed E-state index contributed by atoms with van der Waals surface area (Å²) in [6.45, 7) is 6.27. The predicted molar refractivity (Wildman–Crippen MR) is 99.4 cm³/mol. The van der Waals surface area contributed by atoms with Crippen LogP contribution in [0.4, 0.5) is 0 Å². The number of hydrogen-bond acceptors (Lipinski definition) is 4. The fourth-order valence-electron chi connectivity index (χ4n) is 2.76. The summed E-state index contributed by atoms with van der Waals surface area (Å²) < 4.78 is 5.68. The Balaban J connectivity index is 1.60. The molecule has 1 saturated heterocycles. The topological polar surface area (TPSA) is 52.1 Å². The molecule has 1 fully saturated rings. The van der Waals surface area contributed by atoms with Crippen molar-refractivity contribution >= 4 is 5.96 Å². The van der Waals surface area contributed by atoms with Crippen molar-refractivity contribution < 1.29 is 4.74 Å². The van der Waals surface area contributed by atoms with E-state index in [0.717, 1.165) is 38.7 Å². The third kappa shape index (κ3) is 6.47. The molecule has 1 atom stereocenters. The molecule has 1 heterocycles. The van der Waals surface area contributed by atoms with Gasteiger partial charge in [-0.05, 0) is 19.7 Å². The second-order valence-corrected chi connectivity index (χ2v) is 6.31. The van der Waals surface area contributed by atoms with Crippen LogP contribution in [0.3, 0.4) is 0 Å². The molecule has 0 aromatic heterocycles. The van der Waals surface area contributed by atoms with Crippen molar-refractivity contribution in [3.63, 3.8) is 0 Å². The van der Waals surface area contributed by atoms with Crippen molar-refractivity contribution in [2.45, 2.75) is 12.6 Å². The zero-order chi connectivity index (χ0) is 17.2. The number of aliphatic imine (C=N–C) groups is 1. The number of hydrogen-bond donors (Lipinski definition) is 2. The summed E-state index contributed by atoms with van der Waals surface area (Å²) in [5, 5.41) is 6.72. The molecule has 0 bridgehead atoms. The first-order valence-corrected chi connectivity index (χ1v) is 8.64. The van der Waals surface area contributed by atoms with E-state index < -0.39 is 0 Å². The summed E-state index contributed by atoms with van der Waals surface area (Å²) in [7, 11) is 6.17. The second-order valence-electron chi connectivity index (χ2n) is 6.31. The average molecular weight is 333 g/mol. The van der Waals surface area contributed by atoms with Gasteiger partial charge >= 0.3 is 0 Å². The fourth-order valence-corrected chi connectivity index (χ4v) is 2.76. The van der Waals surface area contributed by atoms with Crippen molar-refractivity contribution in [1.82, 2.24) is 20.4 Å². The summed E-state index contributed by atoms with van der Waals surface area (Å²) in [6.07, 6.45) is 0. The highest BCUT2D eigenvalue weighted by atomic mass is 16.5. The molecule has 0 amide bonds. The largest absolute Gasteiger partial charge is 0.375 e. The van der Waals surface area contributed by atoms with Gasteiger partial charge in [-0.1, -0.05) is 30.3 Å². The van der Waals surface area contributed by atoms with Crippen LogP contribution in [0.15, 0.2) is 35.3 Å². The van der Waals surface area contributed by atoms with Crippen molar-refractivity contribution in [1.29, 1.82) is 0 Å². The van der Waals surface area contributed by atoms with Crippen molar-refractivity contribution in [3.05, 3.63) is 35.9 Å². The smallest absolute Gasteiger partial charge is 0.191 e. The summed E-state index contributed by atoms with van der Waals surface area (Å²) in [5.74, 6) is 0.833. The van der Waals surface area contributed by atoms with Gasteiger partial charge in [0.15, 0.2) is 5.96 Å². The molecule has 24 heavy (non-hydrogen) atoms. The Morgan fingerprint density at radius 3 is 2.75 bits per heavy atom. The van der Waals surface area contributed by atoms with Crippen molar-refractivity contribution in [2.75, 3.05) is 60.5 Å². The van der Waals surface area contributed by atoms with Crippen molar-refractivity contribution in [3.8, 4) is 0 Å². The summed E-state index contributed by atoms with van der Waals surface area (Å²) in [5.41, 5.74) is 1.20. The molecule has 134 valence electrons. The van der Waals surface area contributed by atoms with E-state index >= 15 is 0 Å². The van der Waals surface area contributed by atoms with E-state index in [4.69, 9.17) is 4.74 Å². The number of piperazine rings is 1. The first kappa shape index (κ1) is 18.7. The lowest BCUT2D eigenvalue weighted by molar-refractivity contribution is 0.116. The first-order valence-electron chi connectivity index (χ1n) is 8.64. The maximum atomic E-state index is 5.68. The molecule has 1 aliphatic heterocycles. The lowest BCUT2D eigenvalue weighted by atomic mass is 10.2. The number of ether oxygens (including phenoxy) is 1. The molecule has 0 radical (unpaired) electrons. The van der Waals surface area contributed by atoms with E-state index in [2.05, 4.69) is 51.7 Å². The number of likely N-dealkylation sites (N-methyl/N-ethyl adjacent to an activating group) is 2. The molecule has 2 N–H and O–H groups in total. The fraction of sp³-hybridized carbons (Fsp3) is 0.611. The minimum Gasteiger partial charge on any atom is -0.375 e. The maximum Gasteiger partial charge on any atom is 0.191 e. The summed E-state index contributed by atoms with van der Waals surface area (Å²) in [6, 6.07) is 10.7. The van der Waals surface area contributed by atoms with Crippen LogP contribution in [-0.2, 0) is 11.3 Å². The molecule has 6 nitrogen and oxygen atoms in total. The van der Waals surface area contributed by atoms with E-state index in [1.54, 1.807) is 7.05 Å². The van der Waals surface area contributed by atoms with E-state index in [-0.39, 0.29) is 0 Å². The minimum absolute atomic E-state index is 0.511. The number of nitrogens with zero attached hydrogens (tertiary/aromatic N) is 3. The Morgan fingerprint density at radius 1 is 1.21 bits per heavy atom. The number of nitrogens with one attached hydrogen (secondary N) is 2. The highest BCUT2D eigenvalue weighted by Crippen LogP contribution is 2.04. The number of rotatable bonds is 7. The number of benzene rings is 1. The van der Waals surface area contributed by atoms with Crippen LogP contribution in [0.25, 0.3) is 0 Å². The lowest BCUT2D eigenvalue weighted by Crippen LogP contribution is -2.55. The minimum atomic E-state index is 0.511. The average Bonchev–Trinajstić information content (AvgIpc) is 2.61. The van der Waals surface area contributed by atoms with Crippen LogP contribution < -0.4 is 10.6 Å². The monoisotopic (exact) mass is 333 g/mol. The van der Waals surface area contributed by atoms with Gasteiger partial charge in [0.2, 0.25) is 0 Å². The van der Waals surface area contributed by atoms with Gasteiger partial charge in [0.1, 0.15) is 0 Å². The Bertz CT molecular complexity index is 493. The molecule has 1 unspecified atom stereocenters. The highest BCUT2D eigenvalue weighted by Gasteiger charge is 2.21. The van der Waals surface area contributed by atoms with E-state index in [9.17, 15) is 0 Å². The zero-order valence-electron chi connectivity index (χ0n) is 15.2. The molecule has 0 aliphatic carbocycles. The molecule has 1 aromatic rings. The van der Waals surface area contributed by atoms with Crippen LogP contribution in [-0.4, -0.2) is 82.3 Å². The van der Waals surface area contributed by atoms with Crippen molar-refractivity contribution in [2.24, 2.45) is 4.99 Å². The molecular formula is C18H31N5O. The number of guanidine groups is 1. The predicted octanol–water partition coefficient (Wildman–Crippen LogP) is 0.614. The summed E-state index contributed by atoms with van der Waals surface area (Å²) >= 11 is 0. The first-order chi connectivity index (χ1) is 11.7. The van der Waals surface area contributed by atoms with E-state index in [1.165, 1.54) is 5.56 Å². The molecule has 1 aromatic carbocycles. The summed E-state index contributed by atoms with van der Waals surface area (Å²) in [4.78, 5) is 9.06. The van der Waals surface area contributed by atoms with Gasteiger partial charge < -0.3 is 20.3 Å². The molecule has 2 rings (SSSR count). The molecule has 1 aliphatic rings. The van der Waals surface area contributed by atoms with Crippen LogP contribution in [0.5, 0.6) is 0 Å². The van der Waals surface area contributed by atoms with E-state index in [0.29, 0.717) is 19.3 Å². The Kier molecular flexibility index (Phi) is 8.01. The molecule has 6 heteroatoms. The molecule has 0 spiro atoms. The van der Waals surface area contributed by atoms with Crippen LogP contribution in [0, 0.1) is 0 Å². The molecule has 0 saturated carbocycles. The Labute approximate surface area is 145 Å². The van der Waals surface area contributed by atoms with Gasteiger partial charge in [-0.3, -0.25) is 9.89 Å². The standard InChI is InChI=1S/C18H31N5O/c1-19-18(21-13-17-14-22(2)10-11-23(17)3)20-9-12-24-15-16-7-5-4-6-8-16/h4-8,17H,9-15H2,1-3H3,(H2,19,20,21). The third-order valence-corrected chi connectivity index (χ3v) is 4.36. The van der Waals surface area contributed by atoms with Crippen LogP contribution in [0.2, 0.25) is 0 Å². The highest BCUT2D eigenvalue weighted by molar-refractivity contribution is 5.79. The normalized spacial score (nSPS) is 20.1. The van der Waals surface area contributed by atoms with Gasteiger partial charge in [-0.2, -0.15) is 0 Å². The van der Waals surface area contributed by atoms with Gasteiger partial charge in [0.05, 0.1) is 13.2 Å². The second kappa shape index (κ2) is 10.3. The third-order valence-electron chi connectivity index (χ3n) is 4.36. The lowest BCUT2D eigenvalue weighted by Gasteiger charge is -2.37. The van der Waals surface area contributed by atoms with E-state index in [1.807, 2.05) is 18.2 Å². The van der Waals surface area contributed by atoms with Gasteiger partial charge in [-0.15, -0.1) is 0 Å². The van der Waals surface area contributed by atoms with Gasteiger partial charge in [0, 0.05) is 45.8 Å². The Morgan fingerprint density at radius 2 is 2.00 bits per heavy atom. The van der Waals surface area contributed by atoms with Crippen LogP contribution in [0.1, 0.15) is 5.56 Å². The van der Waals surface area contributed by atoms with Crippen LogP contribution >= 0.6 is 0 Å². The quantitative estimate of drug-likeness (QED) is 0.435. The van der Waals surface area contributed by atoms with Gasteiger partial charge in [0.25, 0.3) is 0 Å². The maximum absolute atomic E-state index is 5.68. The zero-order valence-corrected chi connectivity index (χ0v) is 15.2. The SMILES string of the molecule is CN=C(NCCOCc1ccccc1)NCC1CN(C)CCN1C. The van der Waals surface area contributed by atoms with Gasteiger partial charge in [-0.25, -0.2) is 0 Å². The Hall–Kier alpha value is -1.63.